The molecule has 0 atom stereocenters. The van der Waals surface area contributed by atoms with Crippen LogP contribution in [0.5, 0.6) is 11.5 Å². The first-order valence-electron chi connectivity index (χ1n) is 7.10. The predicted octanol–water partition coefficient (Wildman–Crippen LogP) is 2.66. The normalized spacial score (nSPS) is 15.9. The third-order valence-electron chi connectivity index (χ3n) is 3.95. The van der Waals surface area contributed by atoms with Crippen LogP contribution in [0.2, 0.25) is 0 Å². The highest BCUT2D eigenvalue weighted by Gasteiger charge is 2.28. The summed E-state index contributed by atoms with van der Waals surface area (Å²) in [6.07, 6.45) is 4.79. The zero-order valence-corrected chi connectivity index (χ0v) is 11.4. The number of rotatable bonds is 2. The smallest absolute Gasteiger partial charge is 0.141 e. The van der Waals surface area contributed by atoms with Gasteiger partial charge < -0.3 is 9.47 Å². The Labute approximate surface area is 118 Å². The first-order valence-corrected chi connectivity index (χ1v) is 7.10. The summed E-state index contributed by atoms with van der Waals surface area (Å²) < 4.78 is 11.6. The van der Waals surface area contributed by atoms with Gasteiger partial charge in [-0.25, -0.2) is 0 Å². The number of hydrogen-bond acceptors (Lipinski definition) is 4. The number of benzene rings is 1. The van der Waals surface area contributed by atoms with Crippen LogP contribution >= 0.6 is 0 Å². The molecule has 0 N–H and O–H groups in total. The molecule has 2 heterocycles. The lowest BCUT2D eigenvalue weighted by Crippen LogP contribution is -2.19. The van der Waals surface area contributed by atoms with E-state index in [1.165, 1.54) is 0 Å². The van der Waals surface area contributed by atoms with Gasteiger partial charge in [0.25, 0.3) is 0 Å². The molecule has 0 amide bonds. The Kier molecular flexibility index (Phi) is 3.48. The maximum atomic E-state index is 9.48. The molecule has 3 rings (SSSR count). The monoisotopic (exact) mass is 268 g/mol. The van der Waals surface area contributed by atoms with E-state index < -0.39 is 0 Å². The number of ether oxygens (including phenoxy) is 2. The summed E-state index contributed by atoms with van der Waals surface area (Å²) in [6, 6.07) is 4.49. The summed E-state index contributed by atoms with van der Waals surface area (Å²) in [5.74, 6) is 1.60. The summed E-state index contributed by atoms with van der Waals surface area (Å²) in [6.45, 7) is 1.36. The molecule has 0 unspecified atom stereocenters. The fourth-order valence-corrected chi connectivity index (χ4v) is 3.10. The largest absolute Gasteiger partial charge is 0.493 e. The van der Waals surface area contributed by atoms with Gasteiger partial charge in [0.05, 0.1) is 19.3 Å². The van der Waals surface area contributed by atoms with Gasteiger partial charge in [0.1, 0.15) is 23.1 Å². The van der Waals surface area contributed by atoms with E-state index in [0.29, 0.717) is 31.6 Å². The number of fused-ring (bicyclic) bond motifs is 2. The molecule has 0 spiro atoms. The van der Waals surface area contributed by atoms with Crippen molar-refractivity contribution in [3.8, 4) is 23.6 Å². The van der Waals surface area contributed by atoms with E-state index in [1.807, 2.05) is 0 Å². The van der Waals surface area contributed by atoms with Gasteiger partial charge in [-0.3, -0.25) is 0 Å². The number of nitriles is 2. The van der Waals surface area contributed by atoms with Crippen molar-refractivity contribution in [3.63, 3.8) is 0 Å². The van der Waals surface area contributed by atoms with Crippen molar-refractivity contribution < 1.29 is 9.47 Å². The molecule has 4 nitrogen and oxygen atoms in total. The summed E-state index contributed by atoms with van der Waals surface area (Å²) in [5, 5.41) is 18.3. The van der Waals surface area contributed by atoms with Crippen molar-refractivity contribution in [1.82, 2.24) is 0 Å². The van der Waals surface area contributed by atoms with E-state index in [1.54, 1.807) is 0 Å². The second-order valence-electron chi connectivity index (χ2n) is 5.14. The average molecular weight is 268 g/mol. The highest BCUT2D eigenvalue weighted by atomic mass is 16.5. The Morgan fingerprint density at radius 1 is 0.950 bits per heavy atom. The van der Waals surface area contributed by atoms with Crippen LogP contribution in [0.4, 0.5) is 0 Å². The first kappa shape index (κ1) is 12.8. The minimum Gasteiger partial charge on any atom is -0.493 e. The van der Waals surface area contributed by atoms with Crippen LogP contribution in [0.25, 0.3) is 0 Å². The zero-order valence-electron chi connectivity index (χ0n) is 11.4. The van der Waals surface area contributed by atoms with E-state index in [4.69, 9.17) is 14.7 Å². The molecule has 0 saturated carbocycles. The van der Waals surface area contributed by atoms with E-state index in [-0.39, 0.29) is 0 Å². The molecule has 1 aromatic carbocycles. The Bertz CT molecular complexity index is 586. The highest BCUT2D eigenvalue weighted by Crippen LogP contribution is 2.43. The van der Waals surface area contributed by atoms with Crippen LogP contribution < -0.4 is 9.47 Å². The molecule has 1 aromatic rings. The molecular weight excluding hydrogens is 252 g/mol. The van der Waals surface area contributed by atoms with Crippen molar-refractivity contribution in [2.45, 2.75) is 38.5 Å². The fourth-order valence-electron chi connectivity index (χ4n) is 3.10. The number of nitrogens with zero attached hydrogens (tertiary/aromatic N) is 2. The molecule has 20 heavy (non-hydrogen) atoms. The van der Waals surface area contributed by atoms with Gasteiger partial charge in [-0.05, 0) is 32.1 Å². The maximum absolute atomic E-state index is 9.48. The predicted molar refractivity (Wildman–Crippen MR) is 72.7 cm³/mol. The van der Waals surface area contributed by atoms with Crippen molar-refractivity contribution in [2.75, 3.05) is 13.2 Å². The molecule has 2 aliphatic heterocycles. The Morgan fingerprint density at radius 2 is 1.65 bits per heavy atom. The molecule has 0 radical (unpaired) electrons. The lowest BCUT2D eigenvalue weighted by molar-refractivity contribution is 0.268. The van der Waals surface area contributed by atoms with Crippen LogP contribution in [-0.2, 0) is 19.3 Å². The van der Waals surface area contributed by atoms with Gasteiger partial charge >= 0.3 is 0 Å². The standard InChI is InChI=1S/C16H16N2O2/c17-7-1-4-11-12-5-2-9-20-16(12)14(10-18)13-6-3-8-19-15(11)13/h1-6,8-9H2. The molecule has 102 valence electrons. The lowest BCUT2D eigenvalue weighted by Gasteiger charge is -2.28. The van der Waals surface area contributed by atoms with Crippen LogP contribution in [0.3, 0.4) is 0 Å². The molecule has 2 aliphatic rings. The quantitative estimate of drug-likeness (QED) is 0.827. The fraction of sp³-hybridized carbons (Fsp3) is 0.500. The third-order valence-corrected chi connectivity index (χ3v) is 3.95. The van der Waals surface area contributed by atoms with Crippen molar-refractivity contribution in [2.24, 2.45) is 0 Å². The summed E-state index contributed by atoms with van der Waals surface area (Å²) >= 11 is 0. The summed E-state index contributed by atoms with van der Waals surface area (Å²) in [7, 11) is 0. The lowest BCUT2D eigenvalue weighted by atomic mass is 9.87. The molecule has 0 aromatic heterocycles. The summed E-state index contributed by atoms with van der Waals surface area (Å²) in [4.78, 5) is 0. The van der Waals surface area contributed by atoms with Crippen LogP contribution in [-0.4, -0.2) is 13.2 Å². The second-order valence-corrected chi connectivity index (χ2v) is 5.14. The SMILES string of the molecule is N#CCCc1c2c(c(C#N)c3c1OCCC3)OCCC2. The van der Waals surface area contributed by atoms with Crippen LogP contribution in [0.15, 0.2) is 0 Å². The van der Waals surface area contributed by atoms with E-state index in [0.717, 1.165) is 53.9 Å². The van der Waals surface area contributed by atoms with Gasteiger partial charge in [-0.15, -0.1) is 0 Å². The molecule has 0 aliphatic carbocycles. The van der Waals surface area contributed by atoms with Crippen LogP contribution in [0.1, 0.15) is 41.5 Å². The molecule has 0 bridgehead atoms. The van der Waals surface area contributed by atoms with Gasteiger partial charge in [0, 0.05) is 23.1 Å². The molecular formula is C16H16N2O2. The summed E-state index contributed by atoms with van der Waals surface area (Å²) in [5.41, 5.74) is 3.81. The van der Waals surface area contributed by atoms with E-state index in [2.05, 4.69) is 12.1 Å². The Morgan fingerprint density at radius 3 is 2.35 bits per heavy atom. The molecule has 0 saturated heterocycles. The minimum atomic E-state index is 0.466. The average Bonchev–Trinajstić information content (AvgIpc) is 2.51. The zero-order chi connectivity index (χ0) is 13.9. The van der Waals surface area contributed by atoms with Crippen molar-refractivity contribution in [3.05, 3.63) is 22.3 Å². The number of hydrogen-bond donors (Lipinski definition) is 0. The van der Waals surface area contributed by atoms with Gasteiger partial charge in [0.15, 0.2) is 0 Å². The minimum absolute atomic E-state index is 0.466. The molecule has 0 fully saturated rings. The second kappa shape index (κ2) is 5.43. The Balaban J connectivity index is 2.22. The van der Waals surface area contributed by atoms with E-state index in [9.17, 15) is 5.26 Å². The molecule has 4 heteroatoms. The van der Waals surface area contributed by atoms with Gasteiger partial charge in [-0.2, -0.15) is 10.5 Å². The van der Waals surface area contributed by atoms with Gasteiger partial charge in [-0.1, -0.05) is 0 Å². The third kappa shape index (κ3) is 1.98. The van der Waals surface area contributed by atoms with Crippen molar-refractivity contribution in [1.29, 1.82) is 10.5 Å². The maximum Gasteiger partial charge on any atom is 0.141 e. The van der Waals surface area contributed by atoms with Crippen molar-refractivity contribution >= 4 is 0 Å². The first-order chi connectivity index (χ1) is 9.86. The highest BCUT2D eigenvalue weighted by molar-refractivity contribution is 5.64. The van der Waals surface area contributed by atoms with Gasteiger partial charge in [0.2, 0.25) is 0 Å². The Hall–Kier alpha value is -2.20. The van der Waals surface area contributed by atoms with E-state index >= 15 is 0 Å². The topological polar surface area (TPSA) is 66.0 Å². The van der Waals surface area contributed by atoms with Crippen LogP contribution in [0, 0.1) is 22.7 Å².